The summed E-state index contributed by atoms with van der Waals surface area (Å²) in [5.74, 6) is -0.419. The molecule has 1 heterocycles. The smallest absolute Gasteiger partial charge is 0.317 e. The molecule has 0 aromatic heterocycles. The van der Waals surface area contributed by atoms with Gasteiger partial charge in [0.05, 0.1) is 0 Å². The SMILES string of the molecule is CC(C)NC(=O)N1CCN[C@H](C(N)=O)C1. The van der Waals surface area contributed by atoms with E-state index in [1.54, 1.807) is 4.90 Å². The molecule has 0 aromatic rings. The van der Waals surface area contributed by atoms with Crippen LogP contribution in [0.4, 0.5) is 4.79 Å². The minimum Gasteiger partial charge on any atom is -0.368 e. The standard InChI is InChI=1S/C9H18N4O2/c1-6(2)12-9(15)13-4-3-11-7(5-13)8(10)14/h6-7,11H,3-5H2,1-2H3,(H2,10,14)(H,12,15)/t7-/m0/s1. The molecule has 1 rings (SSSR count). The van der Waals surface area contributed by atoms with E-state index < -0.39 is 11.9 Å². The zero-order chi connectivity index (χ0) is 11.4. The van der Waals surface area contributed by atoms with Crippen LogP contribution in [-0.4, -0.2) is 48.6 Å². The van der Waals surface area contributed by atoms with Crippen molar-refractivity contribution in [3.05, 3.63) is 0 Å². The first-order chi connectivity index (χ1) is 7.00. The Morgan fingerprint density at radius 3 is 2.73 bits per heavy atom. The van der Waals surface area contributed by atoms with Crippen molar-refractivity contribution >= 4 is 11.9 Å². The predicted molar refractivity (Wildman–Crippen MR) is 56.2 cm³/mol. The molecule has 1 fully saturated rings. The highest BCUT2D eigenvalue weighted by molar-refractivity contribution is 5.82. The molecule has 4 N–H and O–H groups in total. The van der Waals surface area contributed by atoms with E-state index in [2.05, 4.69) is 10.6 Å². The van der Waals surface area contributed by atoms with Gasteiger partial charge in [0, 0.05) is 25.7 Å². The van der Waals surface area contributed by atoms with Gasteiger partial charge in [0.1, 0.15) is 6.04 Å². The van der Waals surface area contributed by atoms with E-state index in [9.17, 15) is 9.59 Å². The van der Waals surface area contributed by atoms with Crippen LogP contribution in [0.15, 0.2) is 0 Å². The molecule has 0 radical (unpaired) electrons. The minimum atomic E-state index is -0.434. The second-order valence-corrected chi connectivity index (χ2v) is 3.96. The maximum absolute atomic E-state index is 11.6. The molecule has 0 aliphatic carbocycles. The fraction of sp³-hybridized carbons (Fsp3) is 0.778. The highest BCUT2D eigenvalue weighted by Gasteiger charge is 2.26. The number of carbonyl (C=O) groups excluding carboxylic acids is 2. The van der Waals surface area contributed by atoms with Crippen LogP contribution in [0, 0.1) is 0 Å². The summed E-state index contributed by atoms with van der Waals surface area (Å²) in [6, 6.07) is -0.478. The largest absolute Gasteiger partial charge is 0.368 e. The number of hydrogen-bond donors (Lipinski definition) is 3. The Morgan fingerprint density at radius 1 is 1.53 bits per heavy atom. The molecular formula is C9H18N4O2. The number of primary amides is 1. The lowest BCUT2D eigenvalue weighted by Gasteiger charge is -2.32. The summed E-state index contributed by atoms with van der Waals surface area (Å²) in [5.41, 5.74) is 5.17. The van der Waals surface area contributed by atoms with Crippen LogP contribution >= 0.6 is 0 Å². The fourth-order valence-electron chi connectivity index (χ4n) is 1.46. The number of piperazine rings is 1. The summed E-state index contributed by atoms with van der Waals surface area (Å²) < 4.78 is 0. The third-order valence-electron chi connectivity index (χ3n) is 2.22. The Labute approximate surface area is 89.2 Å². The van der Waals surface area contributed by atoms with Crippen LogP contribution in [-0.2, 0) is 4.79 Å². The van der Waals surface area contributed by atoms with E-state index in [4.69, 9.17) is 5.73 Å². The summed E-state index contributed by atoms with van der Waals surface area (Å²) in [5, 5.41) is 5.74. The van der Waals surface area contributed by atoms with Gasteiger partial charge < -0.3 is 21.3 Å². The lowest BCUT2D eigenvalue weighted by molar-refractivity contribution is -0.120. The van der Waals surface area contributed by atoms with Crippen molar-refractivity contribution in [2.24, 2.45) is 5.73 Å². The van der Waals surface area contributed by atoms with E-state index >= 15 is 0 Å². The van der Waals surface area contributed by atoms with Gasteiger partial charge in [-0.05, 0) is 13.8 Å². The second kappa shape index (κ2) is 4.97. The lowest BCUT2D eigenvalue weighted by Crippen LogP contribution is -2.59. The Hall–Kier alpha value is -1.30. The zero-order valence-corrected chi connectivity index (χ0v) is 9.12. The van der Waals surface area contributed by atoms with Gasteiger partial charge in [0.2, 0.25) is 5.91 Å². The molecule has 1 saturated heterocycles. The Bertz CT molecular complexity index is 254. The van der Waals surface area contributed by atoms with Gasteiger partial charge in [-0.2, -0.15) is 0 Å². The highest BCUT2D eigenvalue weighted by atomic mass is 16.2. The highest BCUT2D eigenvalue weighted by Crippen LogP contribution is 1.99. The molecule has 0 spiro atoms. The van der Waals surface area contributed by atoms with Crippen molar-refractivity contribution in [3.63, 3.8) is 0 Å². The van der Waals surface area contributed by atoms with Gasteiger partial charge in [-0.1, -0.05) is 0 Å². The Balaban J connectivity index is 2.48. The molecule has 6 nitrogen and oxygen atoms in total. The topological polar surface area (TPSA) is 87.5 Å². The molecule has 1 aliphatic heterocycles. The molecule has 86 valence electrons. The normalized spacial score (nSPS) is 21.5. The quantitative estimate of drug-likeness (QED) is 0.543. The van der Waals surface area contributed by atoms with Crippen molar-refractivity contribution in [1.29, 1.82) is 0 Å². The summed E-state index contributed by atoms with van der Waals surface area (Å²) in [4.78, 5) is 24.2. The molecule has 1 aliphatic rings. The number of nitrogens with zero attached hydrogens (tertiary/aromatic N) is 1. The first-order valence-corrected chi connectivity index (χ1v) is 5.09. The Morgan fingerprint density at radius 2 is 2.20 bits per heavy atom. The van der Waals surface area contributed by atoms with E-state index in [1.165, 1.54) is 0 Å². The monoisotopic (exact) mass is 214 g/mol. The van der Waals surface area contributed by atoms with Gasteiger partial charge in [-0.15, -0.1) is 0 Å². The minimum absolute atomic E-state index is 0.0967. The van der Waals surface area contributed by atoms with Crippen molar-refractivity contribution in [2.45, 2.75) is 25.9 Å². The molecule has 0 saturated carbocycles. The van der Waals surface area contributed by atoms with Gasteiger partial charge in [-0.3, -0.25) is 4.79 Å². The fourth-order valence-corrected chi connectivity index (χ4v) is 1.46. The van der Waals surface area contributed by atoms with Gasteiger partial charge in [0.15, 0.2) is 0 Å². The van der Waals surface area contributed by atoms with Gasteiger partial charge in [-0.25, -0.2) is 4.79 Å². The maximum Gasteiger partial charge on any atom is 0.317 e. The maximum atomic E-state index is 11.6. The first-order valence-electron chi connectivity index (χ1n) is 5.09. The number of carbonyl (C=O) groups is 2. The molecule has 0 unspecified atom stereocenters. The third-order valence-corrected chi connectivity index (χ3v) is 2.22. The van der Waals surface area contributed by atoms with Crippen LogP contribution in [0.2, 0.25) is 0 Å². The third kappa shape index (κ3) is 3.39. The molecular weight excluding hydrogens is 196 g/mol. The van der Waals surface area contributed by atoms with E-state index in [0.29, 0.717) is 19.6 Å². The number of rotatable bonds is 2. The number of amides is 3. The summed E-state index contributed by atoms with van der Waals surface area (Å²) >= 11 is 0. The van der Waals surface area contributed by atoms with Crippen molar-refractivity contribution in [3.8, 4) is 0 Å². The second-order valence-electron chi connectivity index (χ2n) is 3.96. The number of hydrogen-bond acceptors (Lipinski definition) is 3. The molecule has 3 amide bonds. The summed E-state index contributed by atoms with van der Waals surface area (Å²) in [7, 11) is 0. The van der Waals surface area contributed by atoms with Crippen molar-refractivity contribution in [1.82, 2.24) is 15.5 Å². The van der Waals surface area contributed by atoms with Crippen LogP contribution in [0.5, 0.6) is 0 Å². The van der Waals surface area contributed by atoms with E-state index in [1.807, 2.05) is 13.8 Å². The molecule has 1 atom stereocenters. The van der Waals surface area contributed by atoms with Crippen LogP contribution in [0.1, 0.15) is 13.8 Å². The zero-order valence-electron chi connectivity index (χ0n) is 9.12. The number of nitrogens with one attached hydrogen (secondary N) is 2. The summed E-state index contributed by atoms with van der Waals surface area (Å²) in [6.45, 7) is 5.33. The average Bonchev–Trinajstić information content (AvgIpc) is 2.17. The van der Waals surface area contributed by atoms with Gasteiger partial charge in [0.25, 0.3) is 0 Å². The summed E-state index contributed by atoms with van der Waals surface area (Å²) in [6.07, 6.45) is 0. The molecule has 0 bridgehead atoms. The van der Waals surface area contributed by atoms with E-state index in [-0.39, 0.29) is 12.1 Å². The average molecular weight is 214 g/mol. The lowest BCUT2D eigenvalue weighted by atomic mass is 10.2. The van der Waals surface area contributed by atoms with E-state index in [0.717, 1.165) is 0 Å². The Kier molecular flexibility index (Phi) is 3.90. The predicted octanol–water partition coefficient (Wildman–Crippen LogP) is -1.14. The number of nitrogens with two attached hydrogens (primary N) is 1. The van der Waals surface area contributed by atoms with Crippen molar-refractivity contribution < 1.29 is 9.59 Å². The van der Waals surface area contributed by atoms with Gasteiger partial charge >= 0.3 is 6.03 Å². The molecule has 0 aromatic carbocycles. The molecule has 15 heavy (non-hydrogen) atoms. The van der Waals surface area contributed by atoms with Crippen LogP contribution in [0.25, 0.3) is 0 Å². The first kappa shape index (κ1) is 11.8. The van der Waals surface area contributed by atoms with Crippen LogP contribution in [0.3, 0.4) is 0 Å². The van der Waals surface area contributed by atoms with Crippen molar-refractivity contribution in [2.75, 3.05) is 19.6 Å². The van der Waals surface area contributed by atoms with Crippen LogP contribution < -0.4 is 16.4 Å². The molecule has 6 heteroatoms. The number of urea groups is 1.